The van der Waals surface area contributed by atoms with Gasteiger partial charge in [0.2, 0.25) is 0 Å². The van der Waals surface area contributed by atoms with Crippen molar-refractivity contribution in [3.63, 3.8) is 0 Å². The van der Waals surface area contributed by atoms with Gasteiger partial charge in [-0.2, -0.15) is 0 Å². The van der Waals surface area contributed by atoms with Gasteiger partial charge in [0.25, 0.3) is 11.8 Å². The van der Waals surface area contributed by atoms with Gasteiger partial charge < -0.3 is 30.2 Å². The monoisotopic (exact) mass is 521 g/mol. The lowest BCUT2D eigenvalue weighted by Crippen LogP contribution is -2.55. The number of nitrogens with zero attached hydrogens (tertiary/aromatic N) is 2. The molecular weight excluding hydrogens is 489 g/mol. The smallest absolute Gasteiger partial charge is 0.317 e. The zero-order chi connectivity index (χ0) is 27.3. The van der Waals surface area contributed by atoms with E-state index in [2.05, 4.69) is 16.0 Å². The molecule has 0 radical (unpaired) electrons. The fourth-order valence-electron chi connectivity index (χ4n) is 4.10. The highest BCUT2D eigenvalue weighted by Crippen LogP contribution is 2.26. The largest absolute Gasteiger partial charge is 0.459 e. The summed E-state index contributed by atoms with van der Waals surface area (Å²) in [5.74, 6) is -0.969. The van der Waals surface area contributed by atoms with Gasteiger partial charge in [-0.1, -0.05) is 12.1 Å². The summed E-state index contributed by atoms with van der Waals surface area (Å²) < 4.78 is 18.4. The molecule has 9 nitrogen and oxygen atoms in total. The normalized spacial score (nSPS) is 13.7. The van der Waals surface area contributed by atoms with Crippen LogP contribution < -0.4 is 20.9 Å². The maximum Gasteiger partial charge on any atom is 0.317 e. The molecule has 1 aromatic heterocycles. The molecule has 2 aromatic carbocycles. The maximum absolute atomic E-state index is 13.3. The van der Waals surface area contributed by atoms with Gasteiger partial charge in [-0.15, -0.1) is 0 Å². The van der Waals surface area contributed by atoms with Crippen LogP contribution in [-0.4, -0.2) is 54.5 Å². The van der Waals surface area contributed by atoms with Crippen LogP contribution in [0.15, 0.2) is 65.3 Å². The topological polar surface area (TPSA) is 107 Å². The molecule has 1 saturated heterocycles. The van der Waals surface area contributed by atoms with Gasteiger partial charge in [-0.05, 0) is 68.8 Å². The number of furan rings is 1. The zero-order valence-electron chi connectivity index (χ0n) is 21.7. The number of carbonyl (C=O) groups is 3. The van der Waals surface area contributed by atoms with Crippen molar-refractivity contribution < 1.29 is 23.2 Å². The molecule has 1 fully saturated rings. The number of piperazine rings is 1. The number of hydrogen-bond acceptors (Lipinski definition) is 5. The lowest BCUT2D eigenvalue weighted by atomic mass is 10.1. The van der Waals surface area contributed by atoms with E-state index in [-0.39, 0.29) is 35.6 Å². The summed E-state index contributed by atoms with van der Waals surface area (Å²) in [6.45, 7) is 8.08. The molecule has 4 rings (SSSR count). The van der Waals surface area contributed by atoms with Gasteiger partial charge in [-0.3, -0.25) is 9.59 Å². The highest BCUT2D eigenvalue weighted by Gasteiger charge is 2.26. The van der Waals surface area contributed by atoms with Crippen LogP contribution in [0.25, 0.3) is 0 Å². The Morgan fingerprint density at radius 1 is 0.947 bits per heavy atom. The molecule has 1 aliphatic rings. The predicted octanol–water partition coefficient (Wildman–Crippen LogP) is 4.23. The summed E-state index contributed by atoms with van der Waals surface area (Å²) in [5, 5.41) is 8.62. The number of halogens is 1. The van der Waals surface area contributed by atoms with Gasteiger partial charge in [0.15, 0.2) is 5.76 Å². The minimum Gasteiger partial charge on any atom is -0.459 e. The second kappa shape index (κ2) is 11.4. The van der Waals surface area contributed by atoms with Crippen molar-refractivity contribution in [1.82, 2.24) is 15.5 Å². The number of urea groups is 1. The summed E-state index contributed by atoms with van der Waals surface area (Å²) in [5.41, 5.74) is 1.91. The van der Waals surface area contributed by atoms with Gasteiger partial charge in [0, 0.05) is 49.6 Å². The summed E-state index contributed by atoms with van der Waals surface area (Å²) in [4.78, 5) is 42.2. The average Bonchev–Trinajstić information content (AvgIpc) is 3.43. The second-order valence-electron chi connectivity index (χ2n) is 10.1. The fraction of sp³-hybridized carbons (Fsp3) is 0.321. The van der Waals surface area contributed by atoms with Crippen LogP contribution >= 0.6 is 0 Å². The number of carbonyl (C=O) groups excluding carboxylic acids is 3. The third kappa shape index (κ3) is 6.90. The minimum absolute atomic E-state index is 0.120. The minimum atomic E-state index is -0.432. The summed E-state index contributed by atoms with van der Waals surface area (Å²) in [6, 6.07) is 14.1. The molecule has 0 aliphatic carbocycles. The van der Waals surface area contributed by atoms with Crippen molar-refractivity contribution >= 4 is 29.2 Å². The zero-order valence-corrected chi connectivity index (χ0v) is 21.7. The Bertz CT molecular complexity index is 1280. The molecule has 0 saturated carbocycles. The lowest BCUT2D eigenvalue weighted by molar-refractivity contribution is 0.0949. The molecule has 38 heavy (non-hydrogen) atoms. The van der Waals surface area contributed by atoms with Gasteiger partial charge >= 0.3 is 6.03 Å². The van der Waals surface area contributed by atoms with Crippen molar-refractivity contribution in [2.45, 2.75) is 32.9 Å². The Morgan fingerprint density at radius 3 is 2.29 bits per heavy atom. The third-order valence-corrected chi connectivity index (χ3v) is 6.00. The van der Waals surface area contributed by atoms with Crippen LogP contribution in [0.4, 0.5) is 20.6 Å². The Kier molecular flexibility index (Phi) is 7.99. The van der Waals surface area contributed by atoms with Gasteiger partial charge in [0.05, 0.1) is 11.8 Å². The van der Waals surface area contributed by atoms with Crippen molar-refractivity contribution in [3.8, 4) is 0 Å². The Hall–Kier alpha value is -4.34. The highest BCUT2D eigenvalue weighted by molar-refractivity contribution is 6.05. The molecule has 0 atom stereocenters. The molecule has 0 spiro atoms. The quantitative estimate of drug-likeness (QED) is 0.450. The van der Waals surface area contributed by atoms with Crippen LogP contribution in [0.5, 0.6) is 0 Å². The highest BCUT2D eigenvalue weighted by atomic mass is 19.1. The number of anilines is 2. The first-order valence-electron chi connectivity index (χ1n) is 12.4. The first kappa shape index (κ1) is 26.7. The van der Waals surface area contributed by atoms with Crippen molar-refractivity contribution in [2.24, 2.45) is 0 Å². The van der Waals surface area contributed by atoms with E-state index in [9.17, 15) is 18.8 Å². The summed E-state index contributed by atoms with van der Waals surface area (Å²) >= 11 is 0. The van der Waals surface area contributed by atoms with E-state index in [0.717, 1.165) is 5.56 Å². The lowest BCUT2D eigenvalue weighted by Gasteiger charge is -2.38. The molecule has 4 amide bonds. The number of amides is 4. The van der Waals surface area contributed by atoms with Crippen LogP contribution in [0, 0.1) is 5.82 Å². The summed E-state index contributed by atoms with van der Waals surface area (Å²) in [6.07, 6.45) is 1.41. The van der Waals surface area contributed by atoms with Gasteiger partial charge in [-0.25, -0.2) is 9.18 Å². The van der Waals surface area contributed by atoms with Crippen LogP contribution in [0.3, 0.4) is 0 Å². The molecule has 1 aliphatic heterocycles. The number of benzene rings is 2. The number of hydrogen-bond donors (Lipinski definition) is 3. The Balaban J connectivity index is 1.51. The first-order chi connectivity index (χ1) is 18.1. The Morgan fingerprint density at radius 2 is 1.66 bits per heavy atom. The van der Waals surface area contributed by atoms with E-state index < -0.39 is 5.91 Å². The molecule has 2 heterocycles. The molecule has 200 valence electrons. The molecule has 0 bridgehead atoms. The number of rotatable bonds is 6. The Labute approximate surface area is 221 Å². The standard InChI is InChI=1S/C28H32FN5O4/c1-28(2,3)32-27(37)34-14-12-33(13-15-34)23-11-10-21(31-26(36)24-5-4-16-38-24)17-22(23)25(35)30-18-19-6-8-20(29)9-7-19/h4-11,16-17H,12-15,18H2,1-3H3,(H,30,35)(H,31,36)(H,32,37). The van der Waals surface area contributed by atoms with Crippen LogP contribution in [0.1, 0.15) is 47.2 Å². The van der Waals surface area contributed by atoms with E-state index in [1.807, 2.05) is 25.7 Å². The summed E-state index contributed by atoms with van der Waals surface area (Å²) in [7, 11) is 0. The number of nitrogens with one attached hydrogen (secondary N) is 3. The van der Waals surface area contributed by atoms with Gasteiger partial charge in [0.1, 0.15) is 5.82 Å². The van der Waals surface area contributed by atoms with Crippen LogP contribution in [0.2, 0.25) is 0 Å². The average molecular weight is 522 g/mol. The maximum atomic E-state index is 13.3. The predicted molar refractivity (Wildman–Crippen MR) is 143 cm³/mol. The van der Waals surface area contributed by atoms with E-state index in [4.69, 9.17) is 4.42 Å². The van der Waals surface area contributed by atoms with Crippen molar-refractivity contribution in [3.05, 3.63) is 83.6 Å². The molecule has 3 aromatic rings. The van der Waals surface area contributed by atoms with E-state index in [0.29, 0.717) is 43.1 Å². The molecule has 10 heteroatoms. The molecular formula is C28H32FN5O4. The van der Waals surface area contributed by atoms with Crippen molar-refractivity contribution in [2.75, 3.05) is 36.4 Å². The first-order valence-corrected chi connectivity index (χ1v) is 12.4. The molecule has 0 unspecified atom stereocenters. The second-order valence-corrected chi connectivity index (χ2v) is 10.1. The third-order valence-electron chi connectivity index (χ3n) is 6.00. The molecule has 3 N–H and O–H groups in total. The SMILES string of the molecule is CC(C)(C)NC(=O)N1CCN(c2ccc(NC(=O)c3ccco3)cc2C(=O)NCc2ccc(F)cc2)CC1. The fourth-order valence-corrected chi connectivity index (χ4v) is 4.10. The van der Waals surface area contributed by atoms with E-state index >= 15 is 0 Å². The van der Waals surface area contributed by atoms with E-state index in [1.165, 1.54) is 18.4 Å². The van der Waals surface area contributed by atoms with Crippen molar-refractivity contribution in [1.29, 1.82) is 0 Å². The van der Waals surface area contributed by atoms with Crippen LogP contribution in [-0.2, 0) is 6.54 Å². The van der Waals surface area contributed by atoms with E-state index in [1.54, 1.807) is 47.4 Å².